The quantitative estimate of drug-likeness (QED) is 0.139. The first-order valence-corrected chi connectivity index (χ1v) is 17.1. The van der Waals surface area contributed by atoms with Crippen LogP contribution in [-0.4, -0.2) is 14.1 Å². The van der Waals surface area contributed by atoms with Crippen LogP contribution in [0.4, 0.5) is 0 Å². The van der Waals surface area contributed by atoms with Crippen LogP contribution in [0.2, 0.25) is 0 Å². The van der Waals surface area contributed by atoms with E-state index < -0.39 is 5.69 Å². The van der Waals surface area contributed by atoms with Gasteiger partial charge in [-0.2, -0.15) is 9.55 Å². The van der Waals surface area contributed by atoms with Crippen molar-refractivity contribution in [2.75, 3.05) is 0 Å². The second kappa shape index (κ2) is 12.0. The Labute approximate surface area is 287 Å². The van der Waals surface area contributed by atoms with Crippen molar-refractivity contribution in [3.63, 3.8) is 0 Å². The van der Waals surface area contributed by atoms with E-state index in [2.05, 4.69) is 90.1 Å². The predicted molar refractivity (Wildman–Crippen MR) is 200 cm³/mol. The normalized spacial score (nSPS) is 12.3. The number of aryl methyl sites for hydroxylation is 1. The van der Waals surface area contributed by atoms with Gasteiger partial charge < -0.3 is 0 Å². The number of hydrogen-bond donors (Lipinski definition) is 0. The molecule has 2 heterocycles. The average Bonchev–Trinajstić information content (AvgIpc) is 3.08. The first kappa shape index (κ1) is 32.2. The molecule has 0 unspecified atom stereocenters. The van der Waals surface area contributed by atoms with Crippen LogP contribution in [0.5, 0.6) is 0 Å². The zero-order chi connectivity index (χ0) is 34.7. The van der Waals surface area contributed by atoms with Crippen LogP contribution in [0.15, 0.2) is 119 Å². The minimum Gasteiger partial charge on any atom is -0.282 e. The molecule has 0 aromatic heterocycles. The Balaban J connectivity index is 1.60. The molecule has 7 rings (SSSR count). The van der Waals surface area contributed by atoms with Gasteiger partial charge in [-0.05, 0) is 63.1 Å². The van der Waals surface area contributed by atoms with Crippen molar-refractivity contribution < 1.29 is 4.57 Å². The highest BCUT2D eigenvalue weighted by atomic mass is 16.2. The SMILES string of the molecule is CC[n+]1c2c(=O)n(Cc3ccccc3)c(=O)nc-2n(-c2cccc3cccc(-c4cc(C(C)(C)C)cc(C(C)(C)C)c4)c23)c2ccccc21. The summed E-state index contributed by atoms with van der Waals surface area (Å²) >= 11 is 0. The van der Waals surface area contributed by atoms with Crippen LogP contribution < -0.4 is 15.8 Å². The highest BCUT2D eigenvalue weighted by molar-refractivity contribution is 6.03. The lowest BCUT2D eigenvalue weighted by Crippen LogP contribution is -2.49. The second-order valence-corrected chi connectivity index (χ2v) is 15.0. The van der Waals surface area contributed by atoms with Crippen molar-refractivity contribution in [3.8, 4) is 28.3 Å². The van der Waals surface area contributed by atoms with Crippen LogP contribution in [0.25, 0.3) is 50.1 Å². The largest absolute Gasteiger partial charge is 0.353 e. The highest BCUT2D eigenvalue weighted by Crippen LogP contribution is 2.39. The minimum atomic E-state index is -0.568. The van der Waals surface area contributed by atoms with E-state index in [1.54, 1.807) is 0 Å². The third kappa shape index (κ3) is 5.65. The van der Waals surface area contributed by atoms with E-state index >= 15 is 0 Å². The number of aromatic nitrogens is 4. The third-order valence-corrected chi connectivity index (χ3v) is 9.59. The number of nitrogens with zero attached hydrogens (tertiary/aromatic N) is 4. The molecule has 0 amide bonds. The summed E-state index contributed by atoms with van der Waals surface area (Å²) in [6, 6.07) is 37.3. The van der Waals surface area contributed by atoms with Gasteiger partial charge in [-0.25, -0.2) is 9.36 Å². The van der Waals surface area contributed by atoms with Gasteiger partial charge in [-0.15, -0.1) is 0 Å². The van der Waals surface area contributed by atoms with Gasteiger partial charge in [0.25, 0.3) is 0 Å². The van der Waals surface area contributed by atoms with Crippen molar-refractivity contribution in [2.24, 2.45) is 0 Å². The Morgan fingerprint density at radius 1 is 0.714 bits per heavy atom. The summed E-state index contributed by atoms with van der Waals surface area (Å²) in [4.78, 5) is 33.0. The van der Waals surface area contributed by atoms with Gasteiger partial charge in [0.1, 0.15) is 12.1 Å². The van der Waals surface area contributed by atoms with Crippen molar-refractivity contribution in [1.82, 2.24) is 14.1 Å². The van der Waals surface area contributed by atoms with Crippen LogP contribution >= 0.6 is 0 Å². The fourth-order valence-electron chi connectivity index (χ4n) is 6.90. The third-order valence-electron chi connectivity index (χ3n) is 9.59. The molecule has 0 atom stereocenters. The lowest BCUT2D eigenvalue weighted by molar-refractivity contribution is -0.658. The van der Waals surface area contributed by atoms with E-state index in [1.165, 1.54) is 15.7 Å². The van der Waals surface area contributed by atoms with Crippen molar-refractivity contribution in [3.05, 3.63) is 147 Å². The van der Waals surface area contributed by atoms with Gasteiger partial charge in [-0.3, -0.25) is 9.36 Å². The van der Waals surface area contributed by atoms with Crippen LogP contribution in [-0.2, 0) is 23.9 Å². The van der Waals surface area contributed by atoms with E-state index in [1.807, 2.05) is 76.7 Å². The molecule has 49 heavy (non-hydrogen) atoms. The van der Waals surface area contributed by atoms with Gasteiger partial charge in [0.05, 0.1) is 12.2 Å². The van der Waals surface area contributed by atoms with Crippen LogP contribution in [0.1, 0.15) is 65.2 Å². The minimum absolute atomic E-state index is 0.0497. The molecule has 0 saturated carbocycles. The van der Waals surface area contributed by atoms with Gasteiger partial charge in [-0.1, -0.05) is 133 Å². The second-order valence-electron chi connectivity index (χ2n) is 15.0. The topological polar surface area (TPSA) is 60.8 Å². The Hall–Kier alpha value is -5.36. The molecule has 2 aliphatic heterocycles. The monoisotopic (exact) mass is 647 g/mol. The molecule has 0 radical (unpaired) electrons. The number of rotatable bonds is 5. The molecular formula is C43H43N4O2+. The van der Waals surface area contributed by atoms with Gasteiger partial charge >= 0.3 is 16.9 Å². The number of para-hydroxylation sites is 2. The molecule has 0 bridgehead atoms. The summed E-state index contributed by atoms with van der Waals surface area (Å²) in [5.74, 6) is 0.348. The molecule has 6 heteroatoms. The first-order chi connectivity index (χ1) is 23.4. The molecule has 5 aromatic carbocycles. The molecule has 6 nitrogen and oxygen atoms in total. The predicted octanol–water partition coefficient (Wildman–Crippen LogP) is 8.42. The van der Waals surface area contributed by atoms with Crippen molar-refractivity contribution >= 4 is 21.8 Å². The molecular weight excluding hydrogens is 604 g/mol. The van der Waals surface area contributed by atoms with Gasteiger partial charge in [0, 0.05) is 11.5 Å². The first-order valence-electron chi connectivity index (χ1n) is 17.1. The van der Waals surface area contributed by atoms with Crippen molar-refractivity contribution in [1.29, 1.82) is 0 Å². The fraction of sp³-hybridized carbons (Fsp3) is 0.256. The molecule has 0 spiro atoms. The molecule has 0 fully saturated rings. The molecule has 2 aliphatic rings. The molecule has 0 saturated heterocycles. The lowest BCUT2D eigenvalue weighted by atomic mass is 9.78. The maximum absolute atomic E-state index is 14.5. The maximum atomic E-state index is 14.5. The van der Waals surface area contributed by atoms with E-state index in [0.717, 1.165) is 44.2 Å². The molecule has 5 aromatic rings. The fourth-order valence-corrected chi connectivity index (χ4v) is 6.90. The van der Waals surface area contributed by atoms with E-state index in [9.17, 15) is 9.59 Å². The van der Waals surface area contributed by atoms with Gasteiger partial charge in [0.15, 0.2) is 0 Å². The maximum Gasteiger partial charge on any atom is 0.353 e. The summed E-state index contributed by atoms with van der Waals surface area (Å²) in [7, 11) is 0. The number of benzene rings is 5. The molecule has 0 aliphatic carbocycles. The molecule has 0 N–H and O–H groups in total. The lowest BCUT2D eigenvalue weighted by Gasteiger charge is -2.27. The smallest absolute Gasteiger partial charge is 0.282 e. The highest BCUT2D eigenvalue weighted by Gasteiger charge is 2.33. The standard InChI is InChI=1S/C43H43N4O2/c1-8-45-34-21-12-13-22-35(34)47(39-38(45)40(48)46(41(49)44-39)27-28-16-10-9-11-17-28)36-23-15-19-29-18-14-20-33(37(29)36)30-24-31(42(2,3)4)26-32(25-30)43(5,6)7/h9-26H,8,27H2,1-7H3/q+1. The Morgan fingerprint density at radius 3 is 2.00 bits per heavy atom. The number of hydrogen-bond acceptors (Lipinski definition) is 3. The zero-order valence-corrected chi connectivity index (χ0v) is 29.4. The summed E-state index contributed by atoms with van der Waals surface area (Å²) in [6.45, 7) is 16.2. The van der Waals surface area contributed by atoms with E-state index in [-0.39, 0.29) is 22.9 Å². The Morgan fingerprint density at radius 2 is 1.35 bits per heavy atom. The van der Waals surface area contributed by atoms with E-state index in [4.69, 9.17) is 4.98 Å². The van der Waals surface area contributed by atoms with Crippen LogP contribution in [0, 0.1) is 0 Å². The summed E-state index contributed by atoms with van der Waals surface area (Å²) in [5, 5.41) is 2.09. The molecule has 246 valence electrons. The van der Waals surface area contributed by atoms with Gasteiger partial charge in [0.2, 0.25) is 11.3 Å². The Kier molecular flexibility index (Phi) is 7.86. The summed E-state index contributed by atoms with van der Waals surface area (Å²) in [6.07, 6.45) is 0. The van der Waals surface area contributed by atoms with Crippen LogP contribution in [0.3, 0.4) is 0 Å². The van der Waals surface area contributed by atoms with E-state index in [0.29, 0.717) is 18.1 Å². The summed E-state index contributed by atoms with van der Waals surface area (Å²) < 4.78 is 5.27. The number of fused-ring (bicyclic) bond motifs is 3. The summed E-state index contributed by atoms with van der Waals surface area (Å²) in [5.41, 5.74) is 7.62. The Bertz CT molecular complexity index is 2420. The van der Waals surface area contributed by atoms with Crippen molar-refractivity contribution in [2.45, 2.75) is 72.4 Å². The zero-order valence-electron chi connectivity index (χ0n) is 29.4. The average molecular weight is 648 g/mol.